The Bertz CT molecular complexity index is 434. The lowest BCUT2D eigenvalue weighted by atomic mass is 10.0. The monoisotopic (exact) mass is 247 g/mol. The molecule has 0 saturated heterocycles. The van der Waals surface area contributed by atoms with E-state index in [2.05, 4.69) is 10.0 Å². The molecule has 0 N–H and O–H groups in total. The molecule has 1 aromatic rings. The fraction of sp³-hybridized carbons (Fsp3) is 0.462. The van der Waals surface area contributed by atoms with Crippen molar-refractivity contribution in [2.24, 2.45) is 11.0 Å². The first-order chi connectivity index (χ1) is 8.65. The summed E-state index contributed by atoms with van der Waals surface area (Å²) in [6, 6.07) is 7.10. The van der Waals surface area contributed by atoms with Crippen LogP contribution in [-0.2, 0) is 0 Å². The highest BCUT2D eigenvalue weighted by Crippen LogP contribution is 2.15. The van der Waals surface area contributed by atoms with Crippen molar-refractivity contribution in [3.8, 4) is 5.75 Å². The first-order valence-electron chi connectivity index (χ1n) is 5.93. The van der Waals surface area contributed by atoms with E-state index >= 15 is 0 Å². The predicted octanol–water partition coefficient (Wildman–Crippen LogP) is 3.60. The summed E-state index contributed by atoms with van der Waals surface area (Å²) in [5.41, 5.74) is 8.80. The first-order valence-corrected chi connectivity index (χ1v) is 5.93. The Morgan fingerprint density at radius 2 is 2.06 bits per heavy atom. The molecule has 96 valence electrons. The average molecular weight is 247 g/mol. The Hall–Kier alpha value is -2.00. The van der Waals surface area contributed by atoms with E-state index in [9.17, 15) is 4.79 Å². The minimum absolute atomic E-state index is 0.000566. The van der Waals surface area contributed by atoms with Crippen molar-refractivity contribution in [1.29, 1.82) is 0 Å². The molecule has 5 heteroatoms. The Kier molecular flexibility index (Phi) is 5.74. The minimum atomic E-state index is 0.000566. The molecule has 0 unspecified atom stereocenters. The van der Waals surface area contributed by atoms with Crippen molar-refractivity contribution in [2.75, 3.05) is 13.2 Å². The van der Waals surface area contributed by atoms with Crippen LogP contribution in [0.2, 0.25) is 0 Å². The van der Waals surface area contributed by atoms with E-state index in [1.807, 2.05) is 13.8 Å². The number of nitrogens with zero attached hydrogens (tertiary/aromatic N) is 3. The van der Waals surface area contributed by atoms with Crippen LogP contribution in [0.5, 0.6) is 5.75 Å². The number of carbonyl (C=O) groups excluding carboxylic acids is 1. The summed E-state index contributed by atoms with van der Waals surface area (Å²) < 4.78 is 5.45. The standard InChI is InChI=1S/C13H17N3O2/c1-10(2)13(17)11-4-6-12(7-5-11)18-9-3-8-15-16-14/h4-7,10H,3,8-9H2,1-2H3. The maximum Gasteiger partial charge on any atom is 0.165 e. The third-order valence-electron chi connectivity index (χ3n) is 2.40. The molecule has 0 atom stereocenters. The van der Waals surface area contributed by atoms with E-state index in [1.165, 1.54) is 0 Å². The molecular weight excluding hydrogens is 230 g/mol. The number of benzene rings is 1. The summed E-state index contributed by atoms with van der Waals surface area (Å²) >= 11 is 0. The number of ketones is 1. The molecule has 0 spiro atoms. The van der Waals surface area contributed by atoms with Crippen molar-refractivity contribution in [1.82, 2.24) is 0 Å². The zero-order valence-corrected chi connectivity index (χ0v) is 10.7. The van der Waals surface area contributed by atoms with Crippen LogP contribution in [0.25, 0.3) is 10.4 Å². The van der Waals surface area contributed by atoms with E-state index in [0.29, 0.717) is 25.1 Å². The van der Waals surface area contributed by atoms with E-state index in [1.54, 1.807) is 24.3 Å². The molecule has 1 rings (SSSR count). The van der Waals surface area contributed by atoms with E-state index in [0.717, 1.165) is 5.75 Å². The second-order valence-corrected chi connectivity index (χ2v) is 4.20. The number of hydrogen-bond acceptors (Lipinski definition) is 3. The van der Waals surface area contributed by atoms with Gasteiger partial charge in [0.15, 0.2) is 5.78 Å². The Balaban J connectivity index is 2.45. The average Bonchev–Trinajstić information content (AvgIpc) is 2.38. The molecule has 18 heavy (non-hydrogen) atoms. The van der Waals surface area contributed by atoms with Crippen LogP contribution in [0.3, 0.4) is 0 Å². The number of Topliss-reactive ketones (excluding diaryl/α,β-unsaturated/α-hetero) is 1. The maximum atomic E-state index is 11.7. The molecule has 5 nitrogen and oxygen atoms in total. The molecule has 0 aromatic heterocycles. The number of azide groups is 1. The van der Waals surface area contributed by atoms with Crippen molar-refractivity contribution in [3.05, 3.63) is 40.3 Å². The summed E-state index contributed by atoms with van der Waals surface area (Å²) in [5, 5.41) is 3.42. The first kappa shape index (κ1) is 14.1. The van der Waals surface area contributed by atoms with E-state index in [-0.39, 0.29) is 11.7 Å². The molecule has 0 bridgehead atoms. The SMILES string of the molecule is CC(C)C(=O)c1ccc(OCCCN=[N+]=[N-])cc1. The summed E-state index contributed by atoms with van der Waals surface area (Å²) in [6.45, 7) is 4.68. The van der Waals surface area contributed by atoms with E-state index in [4.69, 9.17) is 10.3 Å². The smallest absolute Gasteiger partial charge is 0.165 e. The zero-order chi connectivity index (χ0) is 13.4. The van der Waals surface area contributed by atoms with Gasteiger partial charge in [-0.25, -0.2) is 0 Å². The molecule has 0 saturated carbocycles. The third-order valence-corrected chi connectivity index (χ3v) is 2.40. The van der Waals surface area contributed by atoms with Gasteiger partial charge in [0.2, 0.25) is 0 Å². The van der Waals surface area contributed by atoms with Crippen LogP contribution in [-0.4, -0.2) is 18.9 Å². The third kappa shape index (κ3) is 4.47. The Morgan fingerprint density at radius 1 is 1.39 bits per heavy atom. The highest BCUT2D eigenvalue weighted by molar-refractivity contribution is 5.97. The van der Waals surface area contributed by atoms with Crippen LogP contribution < -0.4 is 4.74 Å². The van der Waals surface area contributed by atoms with Gasteiger partial charge in [0.1, 0.15) is 5.75 Å². The van der Waals surface area contributed by atoms with E-state index < -0.39 is 0 Å². The van der Waals surface area contributed by atoms with Gasteiger partial charge in [-0.2, -0.15) is 0 Å². The lowest BCUT2D eigenvalue weighted by Gasteiger charge is -2.07. The van der Waals surface area contributed by atoms with Crippen LogP contribution >= 0.6 is 0 Å². The van der Waals surface area contributed by atoms with Crippen LogP contribution in [0.4, 0.5) is 0 Å². The highest BCUT2D eigenvalue weighted by atomic mass is 16.5. The van der Waals surface area contributed by atoms with Crippen LogP contribution in [0.1, 0.15) is 30.6 Å². The molecule has 0 aliphatic rings. The van der Waals surface area contributed by atoms with Gasteiger partial charge in [0, 0.05) is 22.9 Å². The molecular formula is C13H17N3O2. The van der Waals surface area contributed by atoms with Crippen molar-refractivity contribution in [3.63, 3.8) is 0 Å². The number of hydrogen-bond donors (Lipinski definition) is 0. The summed E-state index contributed by atoms with van der Waals surface area (Å²) in [7, 11) is 0. The molecule has 0 amide bonds. The fourth-order valence-corrected chi connectivity index (χ4v) is 1.42. The Morgan fingerprint density at radius 3 is 2.61 bits per heavy atom. The number of ether oxygens (including phenoxy) is 1. The maximum absolute atomic E-state index is 11.7. The lowest BCUT2D eigenvalue weighted by molar-refractivity contribution is 0.0939. The number of carbonyl (C=O) groups is 1. The summed E-state index contributed by atoms with van der Waals surface area (Å²) in [4.78, 5) is 14.4. The van der Waals surface area contributed by atoms with Gasteiger partial charge in [-0.1, -0.05) is 19.0 Å². The fourth-order valence-electron chi connectivity index (χ4n) is 1.42. The summed E-state index contributed by atoms with van der Waals surface area (Å²) in [5.74, 6) is 0.849. The molecule has 0 radical (unpaired) electrons. The van der Waals surface area contributed by atoms with Crippen LogP contribution in [0.15, 0.2) is 29.4 Å². The normalized spacial score (nSPS) is 9.94. The minimum Gasteiger partial charge on any atom is -0.494 e. The second kappa shape index (κ2) is 7.35. The van der Waals surface area contributed by atoms with Crippen molar-refractivity contribution >= 4 is 5.78 Å². The second-order valence-electron chi connectivity index (χ2n) is 4.20. The van der Waals surface area contributed by atoms with Crippen molar-refractivity contribution in [2.45, 2.75) is 20.3 Å². The highest BCUT2D eigenvalue weighted by Gasteiger charge is 2.09. The quantitative estimate of drug-likeness (QED) is 0.243. The predicted molar refractivity (Wildman–Crippen MR) is 69.7 cm³/mol. The van der Waals surface area contributed by atoms with Gasteiger partial charge < -0.3 is 4.74 Å². The zero-order valence-electron chi connectivity index (χ0n) is 10.7. The van der Waals surface area contributed by atoms with Gasteiger partial charge in [-0.15, -0.1) is 0 Å². The molecule has 1 aromatic carbocycles. The van der Waals surface area contributed by atoms with Gasteiger partial charge in [-0.3, -0.25) is 4.79 Å². The lowest BCUT2D eigenvalue weighted by Crippen LogP contribution is -2.07. The Labute approximate surface area is 106 Å². The molecule has 0 fully saturated rings. The number of rotatable bonds is 7. The largest absolute Gasteiger partial charge is 0.494 e. The molecule has 0 aliphatic heterocycles. The molecule has 0 aliphatic carbocycles. The van der Waals surface area contributed by atoms with Crippen LogP contribution in [0, 0.1) is 5.92 Å². The van der Waals surface area contributed by atoms with Crippen molar-refractivity contribution < 1.29 is 9.53 Å². The van der Waals surface area contributed by atoms with Gasteiger partial charge >= 0.3 is 0 Å². The van der Waals surface area contributed by atoms with Gasteiger partial charge in [0.05, 0.1) is 6.61 Å². The molecule has 0 heterocycles. The summed E-state index contributed by atoms with van der Waals surface area (Å²) in [6.07, 6.45) is 0.677. The van der Waals surface area contributed by atoms with Gasteiger partial charge in [-0.05, 0) is 36.2 Å². The van der Waals surface area contributed by atoms with Gasteiger partial charge in [0.25, 0.3) is 0 Å². The topological polar surface area (TPSA) is 75.1 Å².